The summed E-state index contributed by atoms with van der Waals surface area (Å²) < 4.78 is 5.65. The van der Waals surface area contributed by atoms with Crippen molar-refractivity contribution in [1.29, 1.82) is 0 Å². The van der Waals surface area contributed by atoms with E-state index in [-0.39, 0.29) is 11.8 Å². The van der Waals surface area contributed by atoms with E-state index in [0.717, 1.165) is 11.3 Å². The molecule has 0 aromatic heterocycles. The number of thioether (sulfide) groups is 2. The van der Waals surface area contributed by atoms with Gasteiger partial charge in [0, 0.05) is 6.42 Å². The number of rotatable bonds is 7. The fraction of sp³-hybridized carbons (Fsp3) is 0.444. The zero-order valence-electron chi connectivity index (χ0n) is 14.9. The fourth-order valence-corrected chi connectivity index (χ4v) is 3.68. The van der Waals surface area contributed by atoms with E-state index in [1.54, 1.807) is 6.26 Å². The lowest BCUT2D eigenvalue weighted by Gasteiger charge is -2.38. The minimum atomic E-state index is -0.978. The van der Waals surface area contributed by atoms with E-state index in [9.17, 15) is 9.59 Å². The highest BCUT2D eigenvalue weighted by molar-refractivity contribution is 8.01. The maximum Gasteiger partial charge on any atom is 0.257 e. The lowest BCUT2D eigenvalue weighted by Crippen LogP contribution is -2.67. The summed E-state index contributed by atoms with van der Waals surface area (Å²) in [5.41, 5.74) is 2.17. The maximum atomic E-state index is 12.5. The Bertz CT molecular complexity index is 657. The van der Waals surface area contributed by atoms with Gasteiger partial charge in [0.15, 0.2) is 10.2 Å². The first-order valence-electron chi connectivity index (χ1n) is 7.96. The molecule has 136 valence electrons. The second-order valence-corrected chi connectivity index (χ2v) is 8.07. The highest BCUT2D eigenvalue weighted by Crippen LogP contribution is 2.29. The smallest absolute Gasteiger partial charge is 0.257 e. The van der Waals surface area contributed by atoms with Crippen molar-refractivity contribution in [3.63, 3.8) is 0 Å². The van der Waals surface area contributed by atoms with Gasteiger partial charge in [-0.2, -0.15) is 0 Å². The standard InChI is InChI=1S/C18H24N2O3S2/c1-12(2)9-10-23-14-7-5-13(6-8-14)11-18(25-4)17(22)19-16(24-3)15(21)20-18/h5-9,16H,10-11H2,1-4H3,(H,19,22)(H,20,21)/t16-,18-/m0/s1. The number of ether oxygens (including phenoxy) is 1. The van der Waals surface area contributed by atoms with Crippen LogP contribution in [-0.4, -0.2) is 41.2 Å². The number of nitrogens with one attached hydrogen (secondary N) is 2. The van der Waals surface area contributed by atoms with Gasteiger partial charge in [0.2, 0.25) is 0 Å². The molecule has 0 bridgehead atoms. The predicted octanol–water partition coefficient (Wildman–Crippen LogP) is 2.57. The van der Waals surface area contributed by atoms with E-state index >= 15 is 0 Å². The lowest BCUT2D eigenvalue weighted by atomic mass is 10.0. The summed E-state index contributed by atoms with van der Waals surface area (Å²) in [7, 11) is 0. The van der Waals surface area contributed by atoms with Crippen LogP contribution < -0.4 is 15.4 Å². The molecule has 0 unspecified atom stereocenters. The zero-order valence-corrected chi connectivity index (χ0v) is 16.6. The Labute approximate surface area is 157 Å². The summed E-state index contributed by atoms with van der Waals surface area (Å²) in [5, 5.41) is 5.15. The van der Waals surface area contributed by atoms with Gasteiger partial charge >= 0.3 is 0 Å². The van der Waals surface area contributed by atoms with Crippen LogP contribution in [0.25, 0.3) is 0 Å². The number of allylic oxidation sites excluding steroid dienone is 1. The highest BCUT2D eigenvalue weighted by atomic mass is 32.2. The Morgan fingerprint density at radius 3 is 2.48 bits per heavy atom. The van der Waals surface area contributed by atoms with Crippen molar-refractivity contribution in [3.8, 4) is 5.75 Å². The first-order valence-corrected chi connectivity index (χ1v) is 10.5. The van der Waals surface area contributed by atoms with E-state index in [1.807, 2.05) is 50.4 Å². The molecule has 0 aliphatic carbocycles. The molecule has 0 spiro atoms. The summed E-state index contributed by atoms with van der Waals surface area (Å²) in [6.45, 7) is 4.59. The van der Waals surface area contributed by atoms with Crippen molar-refractivity contribution < 1.29 is 14.3 Å². The van der Waals surface area contributed by atoms with Crippen LogP contribution in [0.15, 0.2) is 35.9 Å². The summed E-state index contributed by atoms with van der Waals surface area (Å²) in [6, 6.07) is 7.62. The van der Waals surface area contributed by atoms with Gasteiger partial charge in [0.05, 0.1) is 0 Å². The van der Waals surface area contributed by atoms with Crippen molar-refractivity contribution in [1.82, 2.24) is 10.6 Å². The monoisotopic (exact) mass is 380 g/mol. The van der Waals surface area contributed by atoms with Crippen LogP contribution in [0, 0.1) is 0 Å². The van der Waals surface area contributed by atoms with Crippen molar-refractivity contribution in [2.24, 2.45) is 0 Å². The van der Waals surface area contributed by atoms with Crippen LogP contribution in [-0.2, 0) is 16.0 Å². The van der Waals surface area contributed by atoms with Crippen LogP contribution in [0.1, 0.15) is 19.4 Å². The van der Waals surface area contributed by atoms with Crippen LogP contribution in [0.3, 0.4) is 0 Å². The number of amides is 2. The number of piperazine rings is 1. The molecule has 2 N–H and O–H groups in total. The molecular formula is C18H24N2O3S2. The minimum Gasteiger partial charge on any atom is -0.490 e. The molecule has 1 fully saturated rings. The van der Waals surface area contributed by atoms with Crippen molar-refractivity contribution in [3.05, 3.63) is 41.5 Å². The van der Waals surface area contributed by atoms with Gasteiger partial charge in [-0.05, 0) is 50.1 Å². The highest BCUT2D eigenvalue weighted by Gasteiger charge is 2.46. The number of carbonyl (C=O) groups excluding carboxylic acids is 2. The largest absolute Gasteiger partial charge is 0.490 e. The zero-order chi connectivity index (χ0) is 18.4. The summed E-state index contributed by atoms with van der Waals surface area (Å²) in [4.78, 5) is 23.7. The van der Waals surface area contributed by atoms with Crippen molar-refractivity contribution >= 4 is 35.3 Å². The molecule has 25 heavy (non-hydrogen) atoms. The quantitative estimate of drug-likeness (QED) is 0.712. The first-order chi connectivity index (χ1) is 11.9. The van der Waals surface area contributed by atoms with E-state index < -0.39 is 10.2 Å². The van der Waals surface area contributed by atoms with Gasteiger partial charge in [-0.25, -0.2) is 0 Å². The fourth-order valence-electron chi connectivity index (χ4n) is 2.42. The third-order valence-corrected chi connectivity index (χ3v) is 5.83. The Hall–Kier alpha value is -1.60. The summed E-state index contributed by atoms with van der Waals surface area (Å²) in [6.07, 6.45) is 6.06. The lowest BCUT2D eigenvalue weighted by molar-refractivity contribution is -0.135. The maximum absolute atomic E-state index is 12.5. The third-order valence-electron chi connectivity index (χ3n) is 3.89. The molecule has 1 saturated heterocycles. The average molecular weight is 381 g/mol. The van der Waals surface area contributed by atoms with Crippen LogP contribution in [0.5, 0.6) is 5.75 Å². The molecule has 2 atom stereocenters. The normalized spacial score (nSPS) is 22.8. The topological polar surface area (TPSA) is 67.4 Å². The second-order valence-electron chi connectivity index (χ2n) is 6.02. The van der Waals surface area contributed by atoms with Gasteiger partial charge in [-0.1, -0.05) is 17.7 Å². The van der Waals surface area contributed by atoms with E-state index in [0.29, 0.717) is 13.0 Å². The summed E-state index contributed by atoms with van der Waals surface area (Å²) >= 11 is 2.65. The average Bonchev–Trinajstić information content (AvgIpc) is 2.59. The third kappa shape index (κ3) is 4.95. The first kappa shape index (κ1) is 19.7. The van der Waals surface area contributed by atoms with Crippen molar-refractivity contribution in [2.75, 3.05) is 19.1 Å². The molecule has 5 nitrogen and oxygen atoms in total. The molecule has 1 aliphatic rings. The van der Waals surface area contributed by atoms with E-state index in [4.69, 9.17) is 4.74 Å². The minimum absolute atomic E-state index is 0.164. The Balaban J connectivity index is 2.07. The number of benzene rings is 1. The molecule has 2 rings (SSSR count). The van der Waals surface area contributed by atoms with Crippen LogP contribution in [0.2, 0.25) is 0 Å². The molecule has 1 heterocycles. The molecule has 1 aromatic carbocycles. The molecule has 2 amide bonds. The summed E-state index contributed by atoms with van der Waals surface area (Å²) in [5.74, 6) is 0.449. The van der Waals surface area contributed by atoms with Gasteiger partial charge < -0.3 is 15.4 Å². The van der Waals surface area contributed by atoms with Gasteiger partial charge in [-0.3, -0.25) is 9.59 Å². The Morgan fingerprint density at radius 1 is 1.24 bits per heavy atom. The molecule has 1 aliphatic heterocycles. The SMILES string of the molecule is CS[C@@H]1NC(=O)[C@](Cc2ccc(OCC=C(C)C)cc2)(SC)NC1=O. The van der Waals surface area contributed by atoms with Crippen molar-refractivity contribution in [2.45, 2.75) is 30.5 Å². The number of hydrogen-bond acceptors (Lipinski definition) is 5. The van der Waals surface area contributed by atoms with Gasteiger partial charge in [0.25, 0.3) is 11.8 Å². The van der Waals surface area contributed by atoms with Gasteiger partial charge in [-0.15, -0.1) is 23.5 Å². The molecule has 1 aromatic rings. The van der Waals surface area contributed by atoms with Gasteiger partial charge in [0.1, 0.15) is 12.4 Å². The number of hydrogen-bond donors (Lipinski definition) is 2. The van der Waals surface area contributed by atoms with Crippen LogP contribution >= 0.6 is 23.5 Å². The molecule has 7 heteroatoms. The Kier molecular flexibility index (Phi) is 6.84. The van der Waals surface area contributed by atoms with Crippen LogP contribution in [0.4, 0.5) is 0 Å². The number of carbonyl (C=O) groups is 2. The second kappa shape index (κ2) is 8.67. The molecular weight excluding hydrogens is 356 g/mol. The Morgan fingerprint density at radius 2 is 1.92 bits per heavy atom. The molecule has 0 radical (unpaired) electrons. The molecule has 0 saturated carbocycles. The van der Waals surface area contributed by atoms with E-state index in [1.165, 1.54) is 29.1 Å². The predicted molar refractivity (Wildman–Crippen MR) is 105 cm³/mol. The van der Waals surface area contributed by atoms with E-state index in [2.05, 4.69) is 10.6 Å².